The smallest absolute Gasteiger partial charge is 0.123 e. The van der Waals surface area contributed by atoms with Gasteiger partial charge in [0.1, 0.15) is 5.82 Å². The highest BCUT2D eigenvalue weighted by molar-refractivity contribution is 5.59. The normalized spacial score (nSPS) is 10.3. The second kappa shape index (κ2) is 3.05. The van der Waals surface area contributed by atoms with Crippen LogP contribution in [0.5, 0.6) is 0 Å². The summed E-state index contributed by atoms with van der Waals surface area (Å²) in [5.41, 5.74) is 2.13. The molecule has 0 spiro atoms. The highest BCUT2D eigenvalue weighted by Gasteiger charge is 1.99. The minimum Gasteiger partial charge on any atom is -0.351 e. The number of aryl methyl sites for hydroxylation is 1. The van der Waals surface area contributed by atoms with Crippen LogP contribution in [0.15, 0.2) is 42.6 Å². The lowest BCUT2D eigenvalue weighted by molar-refractivity contribution is 0.628. The van der Waals surface area contributed by atoms with E-state index in [2.05, 4.69) is 0 Å². The van der Waals surface area contributed by atoms with E-state index in [0.717, 1.165) is 11.3 Å². The Morgan fingerprint density at radius 2 is 1.77 bits per heavy atom. The molecule has 13 heavy (non-hydrogen) atoms. The van der Waals surface area contributed by atoms with Crippen molar-refractivity contribution in [2.24, 2.45) is 7.05 Å². The van der Waals surface area contributed by atoms with Crippen molar-refractivity contribution in [2.75, 3.05) is 0 Å². The van der Waals surface area contributed by atoms with Crippen LogP contribution in [0.2, 0.25) is 0 Å². The minimum absolute atomic E-state index is 0.196. The summed E-state index contributed by atoms with van der Waals surface area (Å²) < 4.78 is 14.6. The summed E-state index contributed by atoms with van der Waals surface area (Å²) in [4.78, 5) is 0. The van der Waals surface area contributed by atoms with Crippen LogP contribution >= 0.6 is 0 Å². The number of benzene rings is 1. The van der Waals surface area contributed by atoms with E-state index in [9.17, 15) is 4.39 Å². The Hall–Kier alpha value is -1.57. The summed E-state index contributed by atoms with van der Waals surface area (Å²) in [6.07, 6.45) is 1.97. The van der Waals surface area contributed by atoms with Crippen LogP contribution in [0.1, 0.15) is 0 Å². The summed E-state index contributed by atoms with van der Waals surface area (Å²) in [5, 5.41) is 0. The Kier molecular flexibility index (Phi) is 1.89. The maximum atomic E-state index is 12.6. The first kappa shape index (κ1) is 8.05. The van der Waals surface area contributed by atoms with Crippen LogP contribution in [0.3, 0.4) is 0 Å². The van der Waals surface area contributed by atoms with E-state index in [1.54, 1.807) is 12.1 Å². The van der Waals surface area contributed by atoms with Gasteiger partial charge in [0.05, 0.1) is 0 Å². The van der Waals surface area contributed by atoms with Crippen molar-refractivity contribution in [1.82, 2.24) is 4.57 Å². The third kappa shape index (κ3) is 1.47. The van der Waals surface area contributed by atoms with Crippen molar-refractivity contribution < 1.29 is 4.39 Å². The van der Waals surface area contributed by atoms with Crippen LogP contribution in [0.25, 0.3) is 11.3 Å². The molecule has 0 atom stereocenters. The van der Waals surface area contributed by atoms with Crippen molar-refractivity contribution >= 4 is 0 Å². The molecule has 0 aliphatic heterocycles. The fourth-order valence-corrected chi connectivity index (χ4v) is 1.38. The van der Waals surface area contributed by atoms with E-state index in [1.165, 1.54) is 12.1 Å². The number of halogens is 1. The Bertz CT molecular complexity index is 400. The molecule has 2 aromatic rings. The molecule has 1 aromatic carbocycles. The van der Waals surface area contributed by atoms with E-state index < -0.39 is 0 Å². The fourth-order valence-electron chi connectivity index (χ4n) is 1.38. The molecule has 1 heterocycles. The zero-order valence-electron chi connectivity index (χ0n) is 7.37. The first-order valence-electron chi connectivity index (χ1n) is 4.14. The standard InChI is InChI=1S/C11H10FN/c1-13-8-2-3-11(13)9-4-6-10(12)7-5-9/h2-8H,1H3. The average Bonchev–Trinajstić information content (AvgIpc) is 2.53. The number of rotatable bonds is 1. The quantitative estimate of drug-likeness (QED) is 0.628. The molecule has 2 rings (SSSR count). The Balaban J connectivity index is 2.47. The van der Waals surface area contributed by atoms with E-state index in [4.69, 9.17) is 0 Å². The third-order valence-electron chi connectivity index (χ3n) is 2.08. The highest BCUT2D eigenvalue weighted by Crippen LogP contribution is 2.18. The molecule has 66 valence electrons. The molecule has 0 unspecified atom stereocenters. The van der Waals surface area contributed by atoms with Gasteiger partial charge in [-0.15, -0.1) is 0 Å². The van der Waals surface area contributed by atoms with Gasteiger partial charge in [0, 0.05) is 18.9 Å². The second-order valence-corrected chi connectivity index (χ2v) is 3.01. The Labute approximate surface area is 76.4 Å². The molecule has 0 aliphatic rings. The van der Waals surface area contributed by atoms with Gasteiger partial charge in [0.25, 0.3) is 0 Å². The molecule has 2 heteroatoms. The number of nitrogens with zero attached hydrogens (tertiary/aromatic N) is 1. The molecule has 0 saturated carbocycles. The van der Waals surface area contributed by atoms with Gasteiger partial charge in [0.2, 0.25) is 0 Å². The molecular weight excluding hydrogens is 165 g/mol. The van der Waals surface area contributed by atoms with Gasteiger partial charge in [-0.3, -0.25) is 0 Å². The first-order valence-corrected chi connectivity index (χ1v) is 4.14. The molecule has 0 fully saturated rings. The molecule has 1 aromatic heterocycles. The lowest BCUT2D eigenvalue weighted by atomic mass is 10.1. The van der Waals surface area contributed by atoms with Gasteiger partial charge < -0.3 is 4.57 Å². The maximum Gasteiger partial charge on any atom is 0.123 e. The molecular formula is C11H10FN. The SMILES string of the molecule is Cn1cccc1-c1ccc(F)cc1. The Morgan fingerprint density at radius 1 is 1.08 bits per heavy atom. The molecule has 0 radical (unpaired) electrons. The van der Waals surface area contributed by atoms with Crippen LogP contribution in [-0.4, -0.2) is 4.57 Å². The molecule has 0 N–H and O–H groups in total. The topological polar surface area (TPSA) is 4.93 Å². The molecule has 0 amide bonds. The largest absolute Gasteiger partial charge is 0.351 e. The van der Waals surface area contributed by atoms with Crippen LogP contribution in [0, 0.1) is 5.82 Å². The molecule has 1 nitrogen and oxygen atoms in total. The van der Waals surface area contributed by atoms with Gasteiger partial charge in [0.15, 0.2) is 0 Å². The van der Waals surface area contributed by atoms with Crippen molar-refractivity contribution in [2.45, 2.75) is 0 Å². The monoisotopic (exact) mass is 175 g/mol. The summed E-state index contributed by atoms with van der Waals surface area (Å²) in [6, 6.07) is 10.5. The van der Waals surface area contributed by atoms with Gasteiger partial charge in [-0.25, -0.2) is 4.39 Å². The number of hydrogen-bond acceptors (Lipinski definition) is 0. The van der Waals surface area contributed by atoms with Crippen molar-refractivity contribution in [3.63, 3.8) is 0 Å². The van der Waals surface area contributed by atoms with E-state index in [0.29, 0.717) is 0 Å². The van der Waals surface area contributed by atoms with Gasteiger partial charge in [-0.1, -0.05) is 0 Å². The summed E-state index contributed by atoms with van der Waals surface area (Å²) in [6.45, 7) is 0. The third-order valence-corrected chi connectivity index (χ3v) is 2.08. The van der Waals surface area contributed by atoms with E-state index >= 15 is 0 Å². The summed E-state index contributed by atoms with van der Waals surface area (Å²) in [7, 11) is 1.97. The average molecular weight is 175 g/mol. The minimum atomic E-state index is -0.196. The van der Waals surface area contributed by atoms with Crippen LogP contribution < -0.4 is 0 Å². The number of aromatic nitrogens is 1. The van der Waals surface area contributed by atoms with Crippen molar-refractivity contribution in [3.05, 3.63) is 48.4 Å². The lowest BCUT2D eigenvalue weighted by Crippen LogP contribution is -1.88. The predicted octanol–water partition coefficient (Wildman–Crippen LogP) is 2.83. The van der Waals surface area contributed by atoms with E-state index in [1.807, 2.05) is 29.9 Å². The van der Waals surface area contributed by atoms with Crippen LogP contribution in [-0.2, 0) is 7.05 Å². The van der Waals surface area contributed by atoms with Crippen molar-refractivity contribution in [1.29, 1.82) is 0 Å². The molecule has 0 saturated heterocycles. The summed E-state index contributed by atoms with van der Waals surface area (Å²) >= 11 is 0. The van der Waals surface area contributed by atoms with Gasteiger partial charge in [-0.05, 0) is 42.0 Å². The molecule has 0 bridgehead atoms. The number of hydrogen-bond donors (Lipinski definition) is 0. The Morgan fingerprint density at radius 3 is 2.31 bits per heavy atom. The van der Waals surface area contributed by atoms with Gasteiger partial charge in [-0.2, -0.15) is 0 Å². The zero-order valence-corrected chi connectivity index (χ0v) is 7.37. The second-order valence-electron chi connectivity index (χ2n) is 3.01. The summed E-state index contributed by atoms with van der Waals surface area (Å²) in [5.74, 6) is -0.196. The lowest BCUT2D eigenvalue weighted by Gasteiger charge is -2.02. The van der Waals surface area contributed by atoms with Gasteiger partial charge >= 0.3 is 0 Å². The highest BCUT2D eigenvalue weighted by atomic mass is 19.1. The first-order chi connectivity index (χ1) is 6.27. The molecule has 0 aliphatic carbocycles. The van der Waals surface area contributed by atoms with E-state index in [-0.39, 0.29) is 5.82 Å². The van der Waals surface area contributed by atoms with Crippen LogP contribution in [0.4, 0.5) is 4.39 Å². The maximum absolute atomic E-state index is 12.6. The zero-order chi connectivity index (χ0) is 9.26. The fraction of sp³-hybridized carbons (Fsp3) is 0.0909. The predicted molar refractivity (Wildman–Crippen MR) is 50.8 cm³/mol. The van der Waals surface area contributed by atoms with Crippen molar-refractivity contribution in [3.8, 4) is 11.3 Å².